The van der Waals surface area contributed by atoms with Crippen LogP contribution in [0.1, 0.15) is 17.9 Å². The Labute approximate surface area is 142 Å². The molecule has 136 valence electrons. The molecule has 0 unspecified atom stereocenters. The van der Waals surface area contributed by atoms with E-state index in [1.165, 1.54) is 19.2 Å². The maximum Gasteiger partial charge on any atom is 0.333 e. The number of halogens is 2. The fourth-order valence-corrected chi connectivity index (χ4v) is 4.54. The van der Waals surface area contributed by atoms with Gasteiger partial charge in [0.1, 0.15) is 4.90 Å². The van der Waals surface area contributed by atoms with E-state index < -0.39 is 16.6 Å². The second-order valence-electron chi connectivity index (χ2n) is 5.86. The van der Waals surface area contributed by atoms with Crippen LogP contribution in [0.25, 0.3) is 0 Å². The molecular weight excluding hydrogens is 356 g/mol. The fourth-order valence-electron chi connectivity index (χ4n) is 2.83. The van der Waals surface area contributed by atoms with Crippen molar-refractivity contribution in [1.29, 1.82) is 0 Å². The second kappa shape index (κ2) is 6.23. The van der Waals surface area contributed by atoms with E-state index in [4.69, 9.17) is 5.73 Å². The van der Waals surface area contributed by atoms with Gasteiger partial charge in [-0.15, -0.1) is 0 Å². The minimum absolute atomic E-state index is 0.00371. The minimum atomic E-state index is -4.17. The standard InChI is InChI=1S/C14H17F2N5O3S/c1-8-13(6-20(19-8)14(15)16)25(23,24)21-5-9(7-22)2-11-12(21)3-10(17)4-18-11/h3-4,6,9,14,22H,2,5,7,17H2,1H3/t9-/m0/s1. The summed E-state index contributed by atoms with van der Waals surface area (Å²) in [5, 5.41) is 13.0. The Kier molecular flexibility index (Phi) is 4.37. The van der Waals surface area contributed by atoms with Crippen LogP contribution < -0.4 is 10.0 Å². The van der Waals surface area contributed by atoms with Crippen molar-refractivity contribution in [1.82, 2.24) is 14.8 Å². The van der Waals surface area contributed by atoms with Gasteiger partial charge in [0, 0.05) is 19.1 Å². The number of aromatic nitrogens is 3. The average molecular weight is 373 g/mol. The van der Waals surface area contributed by atoms with E-state index >= 15 is 0 Å². The SMILES string of the molecule is Cc1nn(C(F)F)cc1S(=O)(=O)N1C[C@@H](CO)Cc2ncc(N)cc21. The molecule has 0 amide bonds. The Morgan fingerprint density at radius 3 is 2.80 bits per heavy atom. The normalized spacial score (nSPS) is 17.8. The van der Waals surface area contributed by atoms with Crippen molar-refractivity contribution >= 4 is 21.4 Å². The molecule has 1 aliphatic heterocycles. The summed E-state index contributed by atoms with van der Waals surface area (Å²) in [4.78, 5) is 3.83. The molecule has 0 radical (unpaired) electrons. The van der Waals surface area contributed by atoms with Gasteiger partial charge in [-0.2, -0.15) is 13.9 Å². The number of nitrogens with zero attached hydrogens (tertiary/aromatic N) is 4. The summed E-state index contributed by atoms with van der Waals surface area (Å²) in [6, 6.07) is 1.47. The molecule has 0 spiro atoms. The monoisotopic (exact) mass is 373 g/mol. The van der Waals surface area contributed by atoms with Crippen molar-refractivity contribution in [3.8, 4) is 0 Å². The topological polar surface area (TPSA) is 114 Å². The number of aliphatic hydroxyl groups is 1. The Hall–Kier alpha value is -2.27. The van der Waals surface area contributed by atoms with Crippen LogP contribution in [0.2, 0.25) is 0 Å². The number of anilines is 2. The van der Waals surface area contributed by atoms with Crippen molar-refractivity contribution in [2.45, 2.75) is 24.8 Å². The fraction of sp³-hybridized carbons (Fsp3) is 0.429. The van der Waals surface area contributed by atoms with E-state index in [9.17, 15) is 22.3 Å². The molecule has 1 atom stereocenters. The summed E-state index contributed by atoms with van der Waals surface area (Å²) >= 11 is 0. The van der Waals surface area contributed by atoms with E-state index in [1.807, 2.05) is 0 Å². The van der Waals surface area contributed by atoms with Crippen LogP contribution in [0, 0.1) is 12.8 Å². The van der Waals surface area contributed by atoms with E-state index in [0.717, 1.165) is 10.5 Å². The number of aliphatic hydroxyl groups excluding tert-OH is 1. The summed E-state index contributed by atoms with van der Waals surface area (Å²) in [6.07, 6.45) is 2.61. The van der Waals surface area contributed by atoms with Gasteiger partial charge in [0.15, 0.2) is 0 Å². The lowest BCUT2D eigenvalue weighted by Crippen LogP contribution is -2.41. The first-order chi connectivity index (χ1) is 11.7. The maximum absolute atomic E-state index is 13.1. The molecule has 3 heterocycles. The van der Waals surface area contributed by atoms with Crippen molar-refractivity contribution in [2.24, 2.45) is 5.92 Å². The Balaban J connectivity index is 2.12. The number of nitrogens with two attached hydrogens (primary N) is 1. The van der Waals surface area contributed by atoms with Crippen molar-refractivity contribution in [2.75, 3.05) is 23.2 Å². The lowest BCUT2D eigenvalue weighted by atomic mass is 9.98. The van der Waals surface area contributed by atoms with Gasteiger partial charge in [-0.1, -0.05) is 0 Å². The minimum Gasteiger partial charge on any atom is -0.397 e. The molecule has 2 aromatic heterocycles. The summed E-state index contributed by atoms with van der Waals surface area (Å²) in [7, 11) is -4.17. The van der Waals surface area contributed by atoms with E-state index in [2.05, 4.69) is 10.1 Å². The van der Waals surface area contributed by atoms with Crippen LogP contribution >= 0.6 is 0 Å². The number of pyridine rings is 1. The van der Waals surface area contributed by atoms with Gasteiger partial charge >= 0.3 is 6.55 Å². The first-order valence-corrected chi connectivity index (χ1v) is 8.90. The van der Waals surface area contributed by atoms with E-state index in [0.29, 0.717) is 16.8 Å². The number of hydrogen-bond donors (Lipinski definition) is 2. The van der Waals surface area contributed by atoms with E-state index in [-0.39, 0.29) is 41.0 Å². The summed E-state index contributed by atoms with van der Waals surface area (Å²) in [6.45, 7) is -1.83. The molecule has 2 aromatic rings. The van der Waals surface area contributed by atoms with Crippen LogP contribution in [-0.4, -0.2) is 41.4 Å². The van der Waals surface area contributed by atoms with Crippen LogP contribution in [0.3, 0.4) is 0 Å². The predicted octanol–water partition coefficient (Wildman–Crippen LogP) is 0.924. The largest absolute Gasteiger partial charge is 0.397 e. The zero-order valence-corrected chi connectivity index (χ0v) is 14.1. The molecular formula is C14H17F2N5O3S. The second-order valence-corrected chi connectivity index (χ2v) is 7.69. The molecule has 0 bridgehead atoms. The molecule has 11 heteroatoms. The van der Waals surface area contributed by atoms with Gasteiger partial charge in [0.05, 0.1) is 35.2 Å². The molecule has 25 heavy (non-hydrogen) atoms. The molecule has 0 saturated carbocycles. The third kappa shape index (κ3) is 3.04. The number of fused-ring (bicyclic) bond motifs is 1. The lowest BCUT2D eigenvalue weighted by Gasteiger charge is -2.33. The molecule has 1 aliphatic rings. The zero-order valence-electron chi connectivity index (χ0n) is 13.3. The number of alkyl halides is 2. The van der Waals surface area contributed by atoms with Crippen molar-refractivity contribution < 1.29 is 22.3 Å². The first-order valence-electron chi connectivity index (χ1n) is 7.46. The van der Waals surface area contributed by atoms with E-state index in [1.54, 1.807) is 0 Å². The van der Waals surface area contributed by atoms with Crippen LogP contribution in [-0.2, 0) is 16.4 Å². The highest BCUT2D eigenvalue weighted by molar-refractivity contribution is 7.92. The Bertz CT molecular complexity index is 900. The zero-order chi connectivity index (χ0) is 18.4. The molecule has 8 nitrogen and oxygen atoms in total. The molecule has 3 N–H and O–H groups in total. The number of sulfonamides is 1. The highest BCUT2D eigenvalue weighted by atomic mass is 32.2. The van der Waals surface area contributed by atoms with Gasteiger partial charge in [-0.25, -0.2) is 13.1 Å². The average Bonchev–Trinajstić information content (AvgIpc) is 2.96. The van der Waals surface area contributed by atoms with Crippen LogP contribution in [0.15, 0.2) is 23.4 Å². The third-order valence-corrected chi connectivity index (χ3v) is 5.92. The van der Waals surface area contributed by atoms with Gasteiger partial charge in [-0.3, -0.25) is 9.29 Å². The Morgan fingerprint density at radius 2 is 2.20 bits per heavy atom. The van der Waals surface area contributed by atoms with Crippen molar-refractivity contribution in [3.63, 3.8) is 0 Å². The number of nitrogen functional groups attached to an aromatic ring is 1. The third-order valence-electron chi connectivity index (χ3n) is 4.04. The van der Waals surface area contributed by atoms with Gasteiger partial charge in [-0.05, 0) is 19.4 Å². The lowest BCUT2D eigenvalue weighted by molar-refractivity contribution is 0.0561. The maximum atomic E-state index is 13.1. The molecule has 0 fully saturated rings. The highest BCUT2D eigenvalue weighted by Crippen LogP contribution is 2.35. The van der Waals surface area contributed by atoms with Gasteiger partial charge in [0.2, 0.25) is 0 Å². The van der Waals surface area contributed by atoms with Crippen LogP contribution in [0.5, 0.6) is 0 Å². The molecule has 3 rings (SSSR count). The number of hydrogen-bond acceptors (Lipinski definition) is 6. The van der Waals surface area contributed by atoms with Gasteiger partial charge in [0.25, 0.3) is 10.0 Å². The summed E-state index contributed by atoms with van der Waals surface area (Å²) in [5.41, 5.74) is 6.72. The highest BCUT2D eigenvalue weighted by Gasteiger charge is 2.36. The van der Waals surface area contributed by atoms with Crippen molar-refractivity contribution in [3.05, 3.63) is 29.8 Å². The first kappa shape index (κ1) is 17.5. The predicted molar refractivity (Wildman–Crippen MR) is 85.7 cm³/mol. The molecule has 0 saturated heterocycles. The molecule has 0 aliphatic carbocycles. The van der Waals surface area contributed by atoms with Gasteiger partial charge < -0.3 is 10.8 Å². The Morgan fingerprint density at radius 1 is 1.48 bits per heavy atom. The summed E-state index contributed by atoms with van der Waals surface area (Å²) in [5.74, 6) is -0.358. The summed E-state index contributed by atoms with van der Waals surface area (Å²) < 4.78 is 53.1. The molecule has 0 aromatic carbocycles. The smallest absolute Gasteiger partial charge is 0.333 e. The van der Waals surface area contributed by atoms with Crippen LogP contribution in [0.4, 0.5) is 20.2 Å². The number of rotatable bonds is 4. The quantitative estimate of drug-likeness (QED) is 0.824. The number of aryl methyl sites for hydroxylation is 1.